The van der Waals surface area contributed by atoms with Gasteiger partial charge in [-0.2, -0.15) is 0 Å². The third-order valence-corrected chi connectivity index (χ3v) is 4.02. The number of aliphatic imine (C=N–C) groups is 1. The van der Waals surface area contributed by atoms with Crippen LogP contribution in [0.1, 0.15) is 26.3 Å². The number of hydrogen-bond donors (Lipinski definition) is 3. The maximum absolute atomic E-state index is 11.1. The first-order chi connectivity index (χ1) is 14.0. The Morgan fingerprint density at radius 2 is 1.70 bits per heavy atom. The molecule has 0 atom stereocenters. The number of rotatable bonds is 9. The number of nitrogens with zero attached hydrogens (tertiary/aromatic N) is 1. The second kappa shape index (κ2) is 13.7. The van der Waals surface area contributed by atoms with Gasteiger partial charge in [0.05, 0.1) is 13.7 Å². The van der Waals surface area contributed by atoms with Gasteiger partial charge in [-0.25, -0.2) is 0 Å². The lowest BCUT2D eigenvalue weighted by Gasteiger charge is -2.14. The van der Waals surface area contributed by atoms with Crippen LogP contribution in [0.3, 0.4) is 0 Å². The van der Waals surface area contributed by atoms with Crippen molar-refractivity contribution in [3.8, 4) is 11.5 Å². The van der Waals surface area contributed by atoms with E-state index in [9.17, 15) is 4.79 Å². The van der Waals surface area contributed by atoms with Crippen LogP contribution >= 0.6 is 24.0 Å². The molecular formula is C22H31IN4O3. The Bertz CT molecular complexity index is 826. The van der Waals surface area contributed by atoms with E-state index in [1.807, 2.05) is 56.3 Å². The van der Waals surface area contributed by atoms with Crippen molar-refractivity contribution in [2.75, 3.05) is 37.4 Å². The van der Waals surface area contributed by atoms with Crippen LogP contribution in [-0.4, -0.2) is 38.7 Å². The molecule has 0 aliphatic rings. The van der Waals surface area contributed by atoms with Crippen LogP contribution in [0.4, 0.5) is 11.4 Å². The van der Waals surface area contributed by atoms with Gasteiger partial charge in [0.2, 0.25) is 5.91 Å². The molecule has 0 radical (unpaired) electrons. The number of anilines is 2. The van der Waals surface area contributed by atoms with Gasteiger partial charge in [0.1, 0.15) is 0 Å². The highest BCUT2D eigenvalue weighted by molar-refractivity contribution is 14.0. The summed E-state index contributed by atoms with van der Waals surface area (Å²) in [6, 6.07) is 13.5. The lowest BCUT2D eigenvalue weighted by atomic mass is 10.1. The fourth-order valence-corrected chi connectivity index (χ4v) is 2.72. The van der Waals surface area contributed by atoms with Crippen molar-refractivity contribution in [2.24, 2.45) is 4.99 Å². The summed E-state index contributed by atoms with van der Waals surface area (Å²) >= 11 is 0. The topological polar surface area (TPSA) is 84.0 Å². The normalized spacial score (nSPS) is 10.6. The molecule has 8 heteroatoms. The Hall–Kier alpha value is -2.49. The zero-order chi connectivity index (χ0) is 21.1. The Morgan fingerprint density at radius 1 is 1.00 bits per heavy atom. The van der Waals surface area contributed by atoms with Crippen molar-refractivity contribution in [3.63, 3.8) is 0 Å². The van der Waals surface area contributed by atoms with Crippen LogP contribution in [0.2, 0.25) is 0 Å². The first-order valence-electron chi connectivity index (χ1n) is 9.78. The second-order valence-electron chi connectivity index (χ2n) is 6.31. The van der Waals surface area contributed by atoms with Gasteiger partial charge < -0.3 is 25.4 Å². The lowest BCUT2D eigenvalue weighted by molar-refractivity contribution is -0.114. The fraction of sp³-hybridized carbons (Fsp3) is 0.364. The molecule has 3 N–H and O–H groups in total. The molecule has 2 rings (SSSR count). The van der Waals surface area contributed by atoms with Crippen LogP contribution in [0.5, 0.6) is 11.5 Å². The molecule has 0 bridgehead atoms. The van der Waals surface area contributed by atoms with Crippen LogP contribution in [0, 0.1) is 0 Å². The van der Waals surface area contributed by atoms with E-state index in [-0.39, 0.29) is 29.9 Å². The minimum Gasteiger partial charge on any atom is -0.493 e. The molecule has 0 spiro atoms. The van der Waals surface area contributed by atoms with Gasteiger partial charge in [0.25, 0.3) is 0 Å². The Kier molecular flexibility index (Phi) is 11.7. The van der Waals surface area contributed by atoms with Crippen molar-refractivity contribution in [2.45, 2.75) is 27.2 Å². The number of amides is 1. The van der Waals surface area contributed by atoms with Crippen molar-refractivity contribution in [1.29, 1.82) is 0 Å². The first kappa shape index (κ1) is 25.5. The Morgan fingerprint density at radius 3 is 2.30 bits per heavy atom. The number of hydrogen-bond acceptors (Lipinski definition) is 4. The van der Waals surface area contributed by atoms with Gasteiger partial charge in [-0.1, -0.05) is 12.1 Å². The van der Waals surface area contributed by atoms with E-state index in [1.165, 1.54) is 6.92 Å². The maximum Gasteiger partial charge on any atom is 0.221 e. The van der Waals surface area contributed by atoms with E-state index in [0.717, 1.165) is 29.9 Å². The average molecular weight is 526 g/mol. The SMILES string of the molecule is CCNC(=NCCc1ccc(NC(C)=O)cc1)Nc1ccc(OCC)c(OC)c1.I. The molecule has 0 aliphatic carbocycles. The van der Waals surface area contributed by atoms with E-state index in [2.05, 4.69) is 20.9 Å². The largest absolute Gasteiger partial charge is 0.493 e. The highest BCUT2D eigenvalue weighted by Crippen LogP contribution is 2.30. The number of nitrogens with one attached hydrogen (secondary N) is 3. The molecule has 1 amide bonds. The zero-order valence-electron chi connectivity index (χ0n) is 18.0. The van der Waals surface area contributed by atoms with Crippen LogP contribution in [-0.2, 0) is 11.2 Å². The minimum atomic E-state index is -0.0744. The zero-order valence-corrected chi connectivity index (χ0v) is 20.3. The molecule has 7 nitrogen and oxygen atoms in total. The molecule has 0 aliphatic heterocycles. The molecule has 30 heavy (non-hydrogen) atoms. The number of benzene rings is 2. The monoisotopic (exact) mass is 526 g/mol. The van der Waals surface area contributed by atoms with Gasteiger partial charge in [-0.3, -0.25) is 9.79 Å². The van der Waals surface area contributed by atoms with Crippen LogP contribution in [0.25, 0.3) is 0 Å². The summed E-state index contributed by atoms with van der Waals surface area (Å²) in [6.45, 7) is 7.43. The van der Waals surface area contributed by atoms with Gasteiger partial charge in [0.15, 0.2) is 17.5 Å². The van der Waals surface area contributed by atoms with Gasteiger partial charge in [-0.15, -0.1) is 24.0 Å². The quantitative estimate of drug-likeness (QED) is 0.258. The molecule has 0 aromatic heterocycles. The summed E-state index contributed by atoms with van der Waals surface area (Å²) in [4.78, 5) is 15.7. The lowest BCUT2D eigenvalue weighted by Crippen LogP contribution is -2.30. The number of carbonyl (C=O) groups is 1. The molecule has 2 aromatic rings. The van der Waals surface area contributed by atoms with Crippen molar-refractivity contribution >= 4 is 47.2 Å². The molecular weight excluding hydrogens is 495 g/mol. The number of methoxy groups -OCH3 is 1. The van der Waals surface area contributed by atoms with Gasteiger partial charge in [-0.05, 0) is 50.1 Å². The number of halogens is 1. The Labute approximate surface area is 195 Å². The molecule has 164 valence electrons. The average Bonchev–Trinajstić information content (AvgIpc) is 2.70. The smallest absolute Gasteiger partial charge is 0.221 e. The number of ether oxygens (including phenoxy) is 2. The summed E-state index contributed by atoms with van der Waals surface area (Å²) in [5.41, 5.74) is 2.82. The summed E-state index contributed by atoms with van der Waals surface area (Å²) in [5.74, 6) is 2.01. The predicted octanol–water partition coefficient (Wildman–Crippen LogP) is 4.29. The first-order valence-corrected chi connectivity index (χ1v) is 9.78. The molecule has 0 saturated carbocycles. The highest BCUT2D eigenvalue weighted by Gasteiger charge is 2.07. The van der Waals surface area contributed by atoms with E-state index in [0.29, 0.717) is 30.6 Å². The third-order valence-electron chi connectivity index (χ3n) is 4.02. The Balaban J connectivity index is 0.00000450. The summed E-state index contributed by atoms with van der Waals surface area (Å²) < 4.78 is 11.0. The van der Waals surface area contributed by atoms with Gasteiger partial charge >= 0.3 is 0 Å². The van der Waals surface area contributed by atoms with Crippen molar-refractivity contribution in [1.82, 2.24) is 5.32 Å². The van der Waals surface area contributed by atoms with E-state index < -0.39 is 0 Å². The fourth-order valence-electron chi connectivity index (χ4n) is 2.72. The van der Waals surface area contributed by atoms with Crippen molar-refractivity contribution < 1.29 is 14.3 Å². The van der Waals surface area contributed by atoms with Crippen LogP contribution < -0.4 is 25.4 Å². The van der Waals surface area contributed by atoms with E-state index in [4.69, 9.17) is 9.47 Å². The third kappa shape index (κ3) is 8.48. The molecule has 0 saturated heterocycles. The predicted molar refractivity (Wildman–Crippen MR) is 134 cm³/mol. The van der Waals surface area contributed by atoms with E-state index >= 15 is 0 Å². The summed E-state index contributed by atoms with van der Waals surface area (Å²) in [5, 5.41) is 9.31. The van der Waals surface area contributed by atoms with Gasteiger partial charge in [0, 0.05) is 37.5 Å². The molecule has 0 heterocycles. The van der Waals surface area contributed by atoms with Crippen LogP contribution in [0.15, 0.2) is 47.5 Å². The molecule has 0 fully saturated rings. The molecule has 2 aromatic carbocycles. The van der Waals surface area contributed by atoms with Crippen molar-refractivity contribution in [3.05, 3.63) is 48.0 Å². The highest BCUT2D eigenvalue weighted by atomic mass is 127. The summed E-state index contributed by atoms with van der Waals surface area (Å²) in [7, 11) is 1.62. The maximum atomic E-state index is 11.1. The number of guanidine groups is 1. The summed E-state index contributed by atoms with van der Waals surface area (Å²) in [6.07, 6.45) is 0.795. The molecule has 0 unspecified atom stereocenters. The minimum absolute atomic E-state index is 0. The number of carbonyl (C=O) groups excluding carboxylic acids is 1. The van der Waals surface area contributed by atoms with E-state index in [1.54, 1.807) is 7.11 Å². The second-order valence-corrected chi connectivity index (χ2v) is 6.31. The standard InChI is InChI=1S/C22H30N4O3.HI/c1-5-23-22(26-19-11-12-20(29-6-2)21(15-19)28-4)24-14-13-17-7-9-18(10-8-17)25-16(3)27;/h7-12,15H,5-6,13-14H2,1-4H3,(H,25,27)(H2,23,24,26);1H.